The van der Waals surface area contributed by atoms with Gasteiger partial charge in [-0.05, 0) is 101 Å². The Morgan fingerprint density at radius 1 is 1.09 bits per heavy atom. The highest BCUT2D eigenvalue weighted by Crippen LogP contribution is 2.53. The number of rotatable bonds is 14. The summed E-state index contributed by atoms with van der Waals surface area (Å²) in [7, 11) is -4.94. The van der Waals surface area contributed by atoms with Crippen LogP contribution in [0.3, 0.4) is 0 Å². The van der Waals surface area contributed by atoms with Gasteiger partial charge in [0.25, 0.3) is 0 Å². The van der Waals surface area contributed by atoms with Crippen molar-refractivity contribution in [1.82, 2.24) is 15.0 Å². The maximum atomic E-state index is 13.5. The molecule has 44 heavy (non-hydrogen) atoms. The minimum atomic E-state index is -4.94. The number of aromatic nitrogens is 1. The van der Waals surface area contributed by atoms with E-state index >= 15 is 0 Å². The number of hydrogen-bond donors (Lipinski definition) is 2. The normalized spacial score (nSPS) is 19.9. The summed E-state index contributed by atoms with van der Waals surface area (Å²) in [5, 5.41) is 1.72. The van der Waals surface area contributed by atoms with E-state index in [2.05, 4.69) is 4.98 Å². The summed E-state index contributed by atoms with van der Waals surface area (Å²) < 4.78 is 112. The number of alkyl carbamates (subject to hydrolysis) is 1. The molecule has 2 saturated carbocycles. The van der Waals surface area contributed by atoms with Gasteiger partial charge in [0.1, 0.15) is 11.4 Å². The van der Waals surface area contributed by atoms with E-state index in [9.17, 15) is 13.2 Å². The highest BCUT2D eigenvalue weighted by Gasteiger charge is 2.48. The molecule has 5 rings (SSSR count). The number of sulfonamides is 1. The second kappa shape index (κ2) is 13.4. The van der Waals surface area contributed by atoms with E-state index in [1.807, 2.05) is 30.3 Å². The lowest BCUT2D eigenvalue weighted by atomic mass is 9.96. The number of hydrogen-bond acceptors (Lipinski definition) is 7. The lowest BCUT2D eigenvalue weighted by Gasteiger charge is -2.22. The first-order valence-corrected chi connectivity index (χ1v) is 16.0. The van der Waals surface area contributed by atoms with Crippen LogP contribution in [0.25, 0.3) is 11.1 Å². The zero-order chi connectivity index (χ0) is 38.5. The zero-order valence-corrected chi connectivity index (χ0v) is 26.1. The quantitative estimate of drug-likeness (QED) is 0.199. The molecule has 2 aliphatic rings. The molecule has 2 N–H and O–H groups in total. The molecule has 1 amide bonds. The van der Waals surface area contributed by atoms with Crippen molar-refractivity contribution in [3.63, 3.8) is 0 Å². The summed E-state index contributed by atoms with van der Waals surface area (Å²) in [6, 6.07) is 13.0. The van der Waals surface area contributed by atoms with E-state index < -0.39 is 58.0 Å². The van der Waals surface area contributed by atoms with Crippen LogP contribution in [0.2, 0.25) is 5.02 Å². The molecule has 3 aromatic rings. The molecule has 0 saturated heterocycles. The van der Waals surface area contributed by atoms with Crippen LogP contribution in [-0.2, 0) is 31.7 Å². The largest absolute Gasteiger partial charge is 0.490 e. The van der Waals surface area contributed by atoms with Crippen molar-refractivity contribution in [3.8, 4) is 16.9 Å². The number of benzene rings is 2. The third kappa shape index (κ3) is 8.50. The van der Waals surface area contributed by atoms with Crippen molar-refractivity contribution in [2.45, 2.75) is 88.0 Å². The van der Waals surface area contributed by atoms with Gasteiger partial charge in [-0.15, -0.1) is 0 Å². The minimum absolute atomic E-state index is 0.139. The zero-order valence-electron chi connectivity index (χ0n) is 32.6. The summed E-state index contributed by atoms with van der Waals surface area (Å²) >= 11 is 6.45. The predicted octanol–water partition coefficient (Wildman–Crippen LogP) is 6.73. The van der Waals surface area contributed by atoms with Gasteiger partial charge in [0.2, 0.25) is 10.0 Å². The van der Waals surface area contributed by atoms with E-state index in [0.717, 1.165) is 47.4 Å². The van der Waals surface area contributed by atoms with Gasteiger partial charge in [-0.2, -0.15) is 0 Å². The molecule has 236 valence electrons. The van der Waals surface area contributed by atoms with E-state index in [1.54, 1.807) is 22.4 Å². The lowest BCUT2D eigenvalue weighted by molar-refractivity contribution is 0.0173. The van der Waals surface area contributed by atoms with Crippen LogP contribution in [0.5, 0.6) is 5.75 Å². The van der Waals surface area contributed by atoms with Crippen LogP contribution in [0.15, 0.2) is 65.8 Å². The smallest absolute Gasteiger partial charge is 0.407 e. The van der Waals surface area contributed by atoms with Gasteiger partial charge >= 0.3 is 6.09 Å². The summed E-state index contributed by atoms with van der Waals surface area (Å²) in [5.74, 6) is 0.745. The highest BCUT2D eigenvalue weighted by molar-refractivity contribution is 7.89. The van der Waals surface area contributed by atoms with Gasteiger partial charge in [0.05, 0.1) is 23.2 Å². The summed E-state index contributed by atoms with van der Waals surface area (Å²) in [6.45, 7) is -3.10. The van der Waals surface area contributed by atoms with Crippen molar-refractivity contribution in [2.24, 2.45) is 0 Å². The van der Waals surface area contributed by atoms with E-state index in [-0.39, 0.29) is 23.3 Å². The molecule has 2 aliphatic carbocycles. The number of amides is 1. The topological polar surface area (TPSA) is 116 Å². The van der Waals surface area contributed by atoms with Crippen molar-refractivity contribution < 1.29 is 38.4 Å². The fraction of sp³-hybridized carbons (Fsp3) is 0.455. The molecule has 0 atom stereocenters. The first-order valence-electron chi connectivity index (χ1n) is 18.1. The monoisotopic (exact) mass is 649 g/mol. The Balaban J connectivity index is 1.35. The molecule has 9 nitrogen and oxygen atoms in total. The fourth-order valence-corrected chi connectivity index (χ4v) is 5.42. The molecular formula is C33H40ClN3O6S. The summed E-state index contributed by atoms with van der Waals surface area (Å²) in [5.41, 5.74) is 0.905. The molecule has 0 radical (unpaired) electrons. The molecular weight excluding hydrogens is 602 g/mol. The number of para-hydroxylation sites is 1. The third-order valence-electron chi connectivity index (χ3n) is 6.78. The number of carbonyl (C=O) groups excluding carboxylic acids is 1. The number of ether oxygens (including phenoxy) is 3. The predicted molar refractivity (Wildman–Crippen MR) is 169 cm³/mol. The maximum Gasteiger partial charge on any atom is 0.407 e. The van der Waals surface area contributed by atoms with Crippen molar-refractivity contribution >= 4 is 27.7 Å². The second-order valence-electron chi connectivity index (χ2n) is 11.5. The number of pyridine rings is 1. The summed E-state index contributed by atoms with van der Waals surface area (Å²) in [6.07, 6.45) is -2.35. The molecule has 1 aromatic heterocycles. The summed E-state index contributed by atoms with van der Waals surface area (Å²) in [4.78, 5) is 16.0. The molecule has 0 bridgehead atoms. The Morgan fingerprint density at radius 3 is 2.57 bits per heavy atom. The van der Waals surface area contributed by atoms with Crippen molar-refractivity contribution in [2.75, 3.05) is 13.0 Å². The average molecular weight is 650 g/mol. The lowest BCUT2D eigenvalue weighted by Crippen LogP contribution is -2.33. The third-order valence-corrected chi connectivity index (χ3v) is 8.39. The van der Waals surface area contributed by atoms with E-state index in [4.69, 9.17) is 36.8 Å². The number of carbonyl (C=O) groups is 1. The number of nitrogens with one attached hydrogen (secondary N) is 2. The standard InChI is InChI=1S/C33H40ClN3O6S/c1-32(2,3)43-31(38)36-17-6-7-18-37-44(39,40)25-12-13-29(34)23(20-25)22-41-33(15-16-33)28-21-35-19-14-26(28)27-8-4-5-9-30(27)42-24-10-11-24/h4-5,8-9,12-14,19-21,24,37H,6-7,10-11,15-18,22H2,1-3H3,(H,36,38)/i6D2,7D2,17D2,18D2. The van der Waals surface area contributed by atoms with E-state index in [1.165, 1.54) is 26.8 Å². The maximum absolute atomic E-state index is 13.5. The van der Waals surface area contributed by atoms with Crippen molar-refractivity contribution in [1.29, 1.82) is 0 Å². The fourth-order valence-electron chi connectivity index (χ4n) is 4.40. The van der Waals surface area contributed by atoms with Crippen molar-refractivity contribution in [3.05, 3.63) is 77.1 Å². The number of halogens is 1. The van der Waals surface area contributed by atoms with Gasteiger partial charge in [-0.25, -0.2) is 17.9 Å². The molecule has 2 aromatic carbocycles. The molecule has 0 spiro atoms. The molecule has 0 unspecified atom stereocenters. The molecule has 11 heteroatoms. The Labute approximate surface area is 275 Å². The van der Waals surface area contributed by atoms with Gasteiger partial charge < -0.3 is 19.5 Å². The Hall–Kier alpha value is -3.18. The van der Waals surface area contributed by atoms with Crippen LogP contribution >= 0.6 is 11.6 Å². The van der Waals surface area contributed by atoms with Gasteiger partial charge in [0, 0.05) is 52.5 Å². The van der Waals surface area contributed by atoms with Crippen LogP contribution in [0, 0.1) is 0 Å². The minimum Gasteiger partial charge on any atom is -0.490 e. The first kappa shape index (κ1) is 23.2. The van der Waals surface area contributed by atoms with Gasteiger partial charge in [-0.1, -0.05) is 29.8 Å². The average Bonchev–Trinajstić information content (AvgIpc) is 3.96. The molecule has 1 heterocycles. The Bertz CT molecular complexity index is 1940. The van der Waals surface area contributed by atoms with Crippen LogP contribution < -0.4 is 14.8 Å². The van der Waals surface area contributed by atoms with Crippen LogP contribution in [0.4, 0.5) is 4.79 Å². The van der Waals surface area contributed by atoms with E-state index in [0.29, 0.717) is 12.8 Å². The van der Waals surface area contributed by atoms with Gasteiger partial charge in [-0.3, -0.25) is 4.98 Å². The van der Waals surface area contributed by atoms with Gasteiger partial charge in [0.15, 0.2) is 0 Å². The van der Waals surface area contributed by atoms with Crippen LogP contribution in [0.1, 0.15) is 81.3 Å². The molecule has 2 fully saturated rings. The highest BCUT2D eigenvalue weighted by atomic mass is 35.5. The Morgan fingerprint density at radius 2 is 1.84 bits per heavy atom. The first-order chi connectivity index (χ1) is 23.9. The number of nitrogens with zero attached hydrogens (tertiary/aromatic N) is 1. The Kier molecular flexibility index (Phi) is 7.09. The SMILES string of the molecule is [2H]C([2H])(NC(=O)OC(C)(C)C)C([2H])([2H])C([2H])([2H])C([2H])([2H])NS(=O)(=O)c1ccc(Cl)c(COC2(c3cnccc3-c3ccccc3OC3CC3)CC2)c1. The molecule has 0 aliphatic heterocycles. The second-order valence-corrected chi connectivity index (χ2v) is 13.6. The van der Waals surface area contributed by atoms with Crippen LogP contribution in [-0.4, -0.2) is 44.2 Å².